The Morgan fingerprint density at radius 3 is 2.70 bits per heavy atom. The molecular formula is C16H16N2OS. The van der Waals surface area contributed by atoms with Crippen LogP contribution in [0.15, 0.2) is 47.4 Å². The zero-order chi connectivity index (χ0) is 14.4. The van der Waals surface area contributed by atoms with Gasteiger partial charge >= 0.3 is 0 Å². The van der Waals surface area contributed by atoms with Crippen molar-refractivity contribution < 1.29 is 4.74 Å². The summed E-state index contributed by atoms with van der Waals surface area (Å²) in [6.07, 6.45) is 2.67. The summed E-state index contributed by atoms with van der Waals surface area (Å²) in [7, 11) is 0. The SMILES string of the molecule is CSc1cccc(OCCc2ccccc2N)c1C#N. The van der Waals surface area contributed by atoms with Crippen LogP contribution in [0.2, 0.25) is 0 Å². The van der Waals surface area contributed by atoms with Crippen molar-refractivity contribution in [3.63, 3.8) is 0 Å². The first kappa shape index (κ1) is 14.3. The van der Waals surface area contributed by atoms with E-state index in [1.807, 2.05) is 48.7 Å². The highest BCUT2D eigenvalue weighted by Gasteiger charge is 2.08. The maximum absolute atomic E-state index is 9.23. The number of hydrogen-bond donors (Lipinski definition) is 1. The lowest BCUT2D eigenvalue weighted by Crippen LogP contribution is -2.05. The van der Waals surface area contributed by atoms with Crippen LogP contribution in [-0.4, -0.2) is 12.9 Å². The molecule has 102 valence electrons. The second-order valence-electron chi connectivity index (χ2n) is 4.24. The van der Waals surface area contributed by atoms with Gasteiger partial charge in [0.25, 0.3) is 0 Å². The average Bonchev–Trinajstić information content (AvgIpc) is 2.48. The van der Waals surface area contributed by atoms with Crippen LogP contribution in [0.4, 0.5) is 5.69 Å². The van der Waals surface area contributed by atoms with Gasteiger partial charge in [0.1, 0.15) is 17.4 Å². The summed E-state index contributed by atoms with van der Waals surface area (Å²) < 4.78 is 5.74. The Morgan fingerprint density at radius 1 is 1.20 bits per heavy atom. The number of nitrogens with zero attached hydrogens (tertiary/aromatic N) is 1. The van der Waals surface area contributed by atoms with Gasteiger partial charge in [0.05, 0.1) is 6.61 Å². The van der Waals surface area contributed by atoms with E-state index < -0.39 is 0 Å². The number of thioether (sulfide) groups is 1. The van der Waals surface area contributed by atoms with Crippen LogP contribution < -0.4 is 10.5 Å². The van der Waals surface area contributed by atoms with Gasteiger partial charge in [-0.1, -0.05) is 24.3 Å². The number of nitrogens with two attached hydrogens (primary N) is 1. The zero-order valence-electron chi connectivity index (χ0n) is 11.3. The van der Waals surface area contributed by atoms with Crippen LogP contribution in [0.1, 0.15) is 11.1 Å². The van der Waals surface area contributed by atoms with E-state index in [4.69, 9.17) is 10.5 Å². The molecule has 2 N–H and O–H groups in total. The van der Waals surface area contributed by atoms with Gasteiger partial charge in [-0.2, -0.15) is 5.26 Å². The molecule has 0 saturated heterocycles. The quantitative estimate of drug-likeness (QED) is 0.674. The third-order valence-electron chi connectivity index (χ3n) is 3.00. The molecule has 0 aliphatic heterocycles. The Labute approximate surface area is 123 Å². The Kier molecular flexibility index (Phi) is 4.91. The molecular weight excluding hydrogens is 268 g/mol. The van der Waals surface area contributed by atoms with E-state index in [2.05, 4.69) is 6.07 Å². The van der Waals surface area contributed by atoms with Crippen LogP contribution in [0.25, 0.3) is 0 Å². The minimum absolute atomic E-state index is 0.501. The van der Waals surface area contributed by atoms with Crippen LogP contribution in [0, 0.1) is 11.3 Å². The van der Waals surface area contributed by atoms with Crippen molar-refractivity contribution >= 4 is 17.4 Å². The summed E-state index contributed by atoms with van der Waals surface area (Å²) in [6.45, 7) is 0.501. The first-order valence-corrected chi connectivity index (χ1v) is 7.52. The van der Waals surface area contributed by atoms with Gasteiger partial charge in [-0.3, -0.25) is 0 Å². The van der Waals surface area contributed by atoms with Crippen molar-refractivity contribution in [1.82, 2.24) is 0 Å². The first-order chi connectivity index (χ1) is 9.76. The molecule has 0 amide bonds. The number of para-hydroxylation sites is 1. The highest BCUT2D eigenvalue weighted by atomic mass is 32.2. The molecule has 0 heterocycles. The van der Waals surface area contributed by atoms with E-state index in [9.17, 15) is 5.26 Å². The topological polar surface area (TPSA) is 59.0 Å². The molecule has 0 radical (unpaired) electrons. The lowest BCUT2D eigenvalue weighted by atomic mass is 10.1. The van der Waals surface area contributed by atoms with E-state index in [1.165, 1.54) is 0 Å². The molecule has 0 atom stereocenters. The molecule has 2 aromatic carbocycles. The van der Waals surface area contributed by atoms with E-state index in [1.54, 1.807) is 11.8 Å². The monoisotopic (exact) mass is 284 g/mol. The molecule has 3 nitrogen and oxygen atoms in total. The van der Waals surface area contributed by atoms with Crippen molar-refractivity contribution in [1.29, 1.82) is 5.26 Å². The molecule has 4 heteroatoms. The number of rotatable bonds is 5. The van der Waals surface area contributed by atoms with E-state index >= 15 is 0 Å². The fourth-order valence-corrected chi connectivity index (χ4v) is 2.51. The molecule has 0 aliphatic carbocycles. The molecule has 0 spiro atoms. The Balaban J connectivity index is 2.05. The van der Waals surface area contributed by atoms with Crippen LogP contribution >= 0.6 is 11.8 Å². The Hall–Kier alpha value is -2.12. The van der Waals surface area contributed by atoms with Crippen molar-refractivity contribution in [2.45, 2.75) is 11.3 Å². The third kappa shape index (κ3) is 3.25. The average molecular weight is 284 g/mol. The molecule has 20 heavy (non-hydrogen) atoms. The number of nitriles is 1. The van der Waals surface area contributed by atoms with Crippen molar-refractivity contribution in [3.8, 4) is 11.8 Å². The van der Waals surface area contributed by atoms with Gasteiger partial charge in [0, 0.05) is 17.0 Å². The summed E-state index contributed by atoms with van der Waals surface area (Å²) in [5, 5.41) is 9.23. The molecule has 2 rings (SSSR count). The number of benzene rings is 2. The van der Waals surface area contributed by atoms with Gasteiger partial charge in [-0.25, -0.2) is 0 Å². The maximum atomic E-state index is 9.23. The highest BCUT2D eigenvalue weighted by Crippen LogP contribution is 2.28. The molecule has 0 bridgehead atoms. The van der Waals surface area contributed by atoms with Crippen molar-refractivity contribution in [3.05, 3.63) is 53.6 Å². The van der Waals surface area contributed by atoms with E-state index in [0.717, 1.165) is 22.6 Å². The Bertz CT molecular complexity index is 635. The smallest absolute Gasteiger partial charge is 0.138 e. The standard InChI is InChI=1S/C16H16N2OS/c1-20-16-8-4-7-15(13(16)11-17)19-10-9-12-5-2-3-6-14(12)18/h2-8H,9-10,18H2,1H3. The number of hydrogen-bond acceptors (Lipinski definition) is 4. The van der Waals surface area contributed by atoms with Crippen LogP contribution in [0.5, 0.6) is 5.75 Å². The summed E-state index contributed by atoms with van der Waals surface area (Å²) in [5.74, 6) is 0.633. The predicted octanol–water partition coefficient (Wildman–Crippen LogP) is 3.48. The van der Waals surface area contributed by atoms with Gasteiger partial charge in [0.2, 0.25) is 0 Å². The zero-order valence-corrected chi connectivity index (χ0v) is 12.1. The summed E-state index contributed by atoms with van der Waals surface area (Å²) in [5.41, 5.74) is 8.32. The maximum Gasteiger partial charge on any atom is 0.138 e. The molecule has 0 aliphatic rings. The van der Waals surface area contributed by atoms with Gasteiger partial charge in [-0.05, 0) is 30.0 Å². The van der Waals surface area contributed by atoms with Gasteiger partial charge < -0.3 is 10.5 Å². The second kappa shape index (κ2) is 6.88. The van der Waals surface area contributed by atoms with E-state index in [0.29, 0.717) is 17.9 Å². The number of ether oxygens (including phenoxy) is 1. The molecule has 2 aromatic rings. The molecule has 0 saturated carbocycles. The molecule has 0 fully saturated rings. The number of nitrogen functional groups attached to an aromatic ring is 1. The summed E-state index contributed by atoms with van der Waals surface area (Å²) in [6, 6.07) is 15.6. The largest absolute Gasteiger partial charge is 0.492 e. The molecule has 0 aromatic heterocycles. The van der Waals surface area contributed by atoms with Crippen LogP contribution in [0.3, 0.4) is 0 Å². The first-order valence-electron chi connectivity index (χ1n) is 6.29. The Morgan fingerprint density at radius 2 is 2.00 bits per heavy atom. The lowest BCUT2D eigenvalue weighted by Gasteiger charge is -2.10. The fourth-order valence-electron chi connectivity index (χ4n) is 1.94. The minimum atomic E-state index is 0.501. The third-order valence-corrected chi connectivity index (χ3v) is 3.78. The predicted molar refractivity (Wildman–Crippen MR) is 83.0 cm³/mol. The summed E-state index contributed by atoms with van der Waals surface area (Å²) >= 11 is 1.54. The van der Waals surface area contributed by atoms with E-state index in [-0.39, 0.29) is 0 Å². The van der Waals surface area contributed by atoms with Gasteiger partial charge in [-0.15, -0.1) is 11.8 Å². The second-order valence-corrected chi connectivity index (χ2v) is 5.09. The summed E-state index contributed by atoms with van der Waals surface area (Å²) in [4.78, 5) is 0.934. The van der Waals surface area contributed by atoms with Crippen LogP contribution in [-0.2, 0) is 6.42 Å². The fraction of sp³-hybridized carbons (Fsp3) is 0.188. The minimum Gasteiger partial charge on any atom is -0.492 e. The van der Waals surface area contributed by atoms with Crippen molar-refractivity contribution in [2.75, 3.05) is 18.6 Å². The highest BCUT2D eigenvalue weighted by molar-refractivity contribution is 7.98. The molecule has 0 unspecified atom stereocenters. The van der Waals surface area contributed by atoms with Gasteiger partial charge in [0.15, 0.2) is 0 Å². The lowest BCUT2D eigenvalue weighted by molar-refractivity contribution is 0.320. The van der Waals surface area contributed by atoms with Crippen molar-refractivity contribution in [2.24, 2.45) is 0 Å². The number of anilines is 1. The normalized spacial score (nSPS) is 10.0.